The van der Waals surface area contributed by atoms with Crippen LogP contribution in [0, 0.1) is 0 Å². The summed E-state index contributed by atoms with van der Waals surface area (Å²) in [5.41, 5.74) is 3.91. The predicted molar refractivity (Wildman–Crippen MR) is 128 cm³/mol. The largest absolute Gasteiger partial charge is 0.497 e. The molecule has 0 saturated carbocycles. The molecule has 0 spiro atoms. The van der Waals surface area contributed by atoms with Crippen molar-refractivity contribution >= 4 is 11.9 Å². The van der Waals surface area contributed by atoms with E-state index in [9.17, 15) is 4.79 Å². The van der Waals surface area contributed by atoms with E-state index < -0.39 is 0 Å². The number of rotatable bonds is 7. The zero-order valence-electron chi connectivity index (χ0n) is 19.3. The summed E-state index contributed by atoms with van der Waals surface area (Å²) in [6, 6.07) is 16.6. The number of benzene rings is 2. The van der Waals surface area contributed by atoms with Crippen molar-refractivity contribution in [1.82, 2.24) is 14.9 Å². The third kappa shape index (κ3) is 5.14. The Morgan fingerprint density at radius 2 is 1.73 bits per heavy atom. The molecule has 0 bridgehead atoms. The van der Waals surface area contributed by atoms with Crippen LogP contribution in [-0.2, 0) is 4.74 Å². The van der Waals surface area contributed by atoms with Gasteiger partial charge in [-0.2, -0.15) is 0 Å². The lowest BCUT2D eigenvalue weighted by atomic mass is 9.94. The fraction of sp³-hybridized carbons (Fsp3) is 0.346. The van der Waals surface area contributed by atoms with Gasteiger partial charge in [0.05, 0.1) is 18.8 Å². The molecule has 3 aromatic rings. The van der Waals surface area contributed by atoms with Gasteiger partial charge in [0.15, 0.2) is 0 Å². The van der Waals surface area contributed by atoms with E-state index in [1.54, 1.807) is 26.6 Å². The maximum atomic E-state index is 13.1. The van der Waals surface area contributed by atoms with Gasteiger partial charge in [-0.15, -0.1) is 0 Å². The summed E-state index contributed by atoms with van der Waals surface area (Å²) in [5.74, 6) is 1.30. The minimum Gasteiger partial charge on any atom is -0.497 e. The van der Waals surface area contributed by atoms with Crippen molar-refractivity contribution in [3.05, 3.63) is 72.1 Å². The Bertz CT molecular complexity index is 1050. The van der Waals surface area contributed by atoms with E-state index in [4.69, 9.17) is 9.47 Å². The summed E-state index contributed by atoms with van der Waals surface area (Å²) >= 11 is 0. The summed E-state index contributed by atoms with van der Waals surface area (Å²) in [4.78, 5) is 23.4. The SMILES string of the molecule is CCN(C(=O)c1cnc(NC)nc1)[C@H]1CCO[C@@H](c2ccc(-c3ccc(OC)cc3)cc2)C1. The molecule has 2 atom stereocenters. The molecule has 4 rings (SSSR count). The van der Waals surface area contributed by atoms with Crippen molar-refractivity contribution in [3.63, 3.8) is 0 Å². The molecule has 1 N–H and O–H groups in total. The first-order valence-corrected chi connectivity index (χ1v) is 11.3. The molecule has 33 heavy (non-hydrogen) atoms. The summed E-state index contributed by atoms with van der Waals surface area (Å²) in [7, 11) is 3.42. The summed E-state index contributed by atoms with van der Waals surface area (Å²) < 4.78 is 11.3. The number of nitrogens with zero attached hydrogens (tertiary/aromatic N) is 3. The highest BCUT2D eigenvalue weighted by Gasteiger charge is 2.31. The number of nitrogens with one attached hydrogen (secondary N) is 1. The molecule has 7 heteroatoms. The van der Waals surface area contributed by atoms with E-state index in [1.807, 2.05) is 24.0 Å². The summed E-state index contributed by atoms with van der Waals surface area (Å²) in [5, 5.41) is 2.87. The Hall–Kier alpha value is -3.45. The first-order valence-electron chi connectivity index (χ1n) is 11.3. The molecule has 2 heterocycles. The van der Waals surface area contributed by atoms with Crippen molar-refractivity contribution in [2.45, 2.75) is 31.9 Å². The molecule has 1 aliphatic heterocycles. The molecular weight excluding hydrogens is 416 g/mol. The van der Waals surface area contributed by atoms with Crippen LogP contribution in [0.3, 0.4) is 0 Å². The van der Waals surface area contributed by atoms with Gasteiger partial charge in [-0.3, -0.25) is 4.79 Å². The number of amides is 1. The Morgan fingerprint density at radius 3 is 2.30 bits per heavy atom. The standard InChI is InChI=1S/C26H30N4O3/c1-4-30(25(31)21-16-28-26(27-2)29-17-21)22-13-14-33-24(15-22)20-7-5-18(6-8-20)19-9-11-23(32-3)12-10-19/h5-12,16-17,22,24H,4,13-15H2,1-3H3,(H,27,28,29)/t22-,24+/m0/s1. The number of hydrogen-bond acceptors (Lipinski definition) is 6. The molecule has 172 valence electrons. The molecule has 1 fully saturated rings. The number of aromatic nitrogens is 2. The number of methoxy groups -OCH3 is 1. The Kier molecular flexibility index (Phi) is 7.19. The third-order valence-corrected chi connectivity index (χ3v) is 6.13. The van der Waals surface area contributed by atoms with Crippen molar-refractivity contribution in [2.75, 3.05) is 32.6 Å². The van der Waals surface area contributed by atoms with Gasteiger partial charge in [-0.1, -0.05) is 36.4 Å². The van der Waals surface area contributed by atoms with Crippen LogP contribution in [0.5, 0.6) is 5.75 Å². The quantitative estimate of drug-likeness (QED) is 0.573. The van der Waals surface area contributed by atoms with E-state index in [2.05, 4.69) is 51.7 Å². The van der Waals surface area contributed by atoms with Gasteiger partial charge in [0, 0.05) is 38.6 Å². The van der Waals surface area contributed by atoms with Gasteiger partial charge >= 0.3 is 0 Å². The number of carbonyl (C=O) groups is 1. The van der Waals surface area contributed by atoms with Crippen molar-refractivity contribution in [1.29, 1.82) is 0 Å². The highest BCUT2D eigenvalue weighted by molar-refractivity contribution is 5.94. The zero-order valence-corrected chi connectivity index (χ0v) is 19.3. The average molecular weight is 447 g/mol. The van der Waals surface area contributed by atoms with E-state index in [-0.39, 0.29) is 18.1 Å². The molecule has 1 aromatic heterocycles. The van der Waals surface area contributed by atoms with Crippen molar-refractivity contribution < 1.29 is 14.3 Å². The van der Waals surface area contributed by atoms with Crippen LogP contribution in [-0.4, -0.2) is 54.1 Å². The summed E-state index contributed by atoms with van der Waals surface area (Å²) in [6.45, 7) is 3.25. The van der Waals surface area contributed by atoms with Crippen LogP contribution in [0.2, 0.25) is 0 Å². The van der Waals surface area contributed by atoms with Crippen LogP contribution in [0.25, 0.3) is 11.1 Å². The lowest BCUT2D eigenvalue weighted by molar-refractivity contribution is -0.0231. The van der Waals surface area contributed by atoms with Gasteiger partial charge < -0.3 is 19.7 Å². The topological polar surface area (TPSA) is 76.6 Å². The summed E-state index contributed by atoms with van der Waals surface area (Å²) in [6.07, 6.45) is 4.70. The highest BCUT2D eigenvalue weighted by Crippen LogP contribution is 2.32. The lowest BCUT2D eigenvalue weighted by Gasteiger charge is -2.37. The minimum absolute atomic E-state index is 0.0411. The second kappa shape index (κ2) is 10.4. The van der Waals surface area contributed by atoms with Gasteiger partial charge in [0.25, 0.3) is 5.91 Å². The fourth-order valence-electron chi connectivity index (χ4n) is 4.27. The molecule has 0 radical (unpaired) electrons. The molecular formula is C26H30N4O3. The maximum absolute atomic E-state index is 13.1. The number of carbonyl (C=O) groups excluding carboxylic acids is 1. The third-order valence-electron chi connectivity index (χ3n) is 6.13. The molecule has 0 aliphatic carbocycles. The fourth-order valence-corrected chi connectivity index (χ4v) is 4.27. The smallest absolute Gasteiger partial charge is 0.257 e. The van der Waals surface area contributed by atoms with Crippen LogP contribution in [0.4, 0.5) is 5.95 Å². The predicted octanol–water partition coefficient (Wildman–Crippen LogP) is 4.58. The second-order valence-corrected chi connectivity index (χ2v) is 8.02. The van der Waals surface area contributed by atoms with Gasteiger partial charge in [-0.05, 0) is 48.6 Å². The van der Waals surface area contributed by atoms with E-state index in [0.29, 0.717) is 24.7 Å². The zero-order chi connectivity index (χ0) is 23.2. The van der Waals surface area contributed by atoms with E-state index >= 15 is 0 Å². The number of hydrogen-bond donors (Lipinski definition) is 1. The van der Waals surface area contributed by atoms with Crippen LogP contribution < -0.4 is 10.1 Å². The molecule has 7 nitrogen and oxygen atoms in total. The van der Waals surface area contributed by atoms with E-state index in [0.717, 1.165) is 35.3 Å². The van der Waals surface area contributed by atoms with Crippen LogP contribution in [0.15, 0.2) is 60.9 Å². The van der Waals surface area contributed by atoms with Gasteiger partial charge in [-0.25, -0.2) is 9.97 Å². The lowest BCUT2D eigenvalue weighted by Crippen LogP contribution is -2.44. The molecule has 2 aromatic carbocycles. The first-order chi connectivity index (χ1) is 16.1. The number of ether oxygens (including phenoxy) is 2. The maximum Gasteiger partial charge on any atom is 0.257 e. The Balaban J connectivity index is 1.45. The monoisotopic (exact) mass is 446 g/mol. The van der Waals surface area contributed by atoms with E-state index in [1.165, 1.54) is 0 Å². The minimum atomic E-state index is -0.0431. The molecule has 1 amide bonds. The highest BCUT2D eigenvalue weighted by atomic mass is 16.5. The van der Waals surface area contributed by atoms with Crippen LogP contribution in [0.1, 0.15) is 41.8 Å². The van der Waals surface area contributed by atoms with Crippen LogP contribution >= 0.6 is 0 Å². The molecule has 1 aliphatic rings. The Labute approximate surface area is 194 Å². The molecule has 1 saturated heterocycles. The van der Waals surface area contributed by atoms with Gasteiger partial charge in [0.1, 0.15) is 5.75 Å². The van der Waals surface area contributed by atoms with Crippen molar-refractivity contribution in [3.8, 4) is 16.9 Å². The molecule has 0 unspecified atom stereocenters. The average Bonchev–Trinajstić information content (AvgIpc) is 2.89. The number of anilines is 1. The second-order valence-electron chi connectivity index (χ2n) is 8.02. The van der Waals surface area contributed by atoms with Crippen molar-refractivity contribution in [2.24, 2.45) is 0 Å². The van der Waals surface area contributed by atoms with Gasteiger partial charge in [0.2, 0.25) is 5.95 Å². The first kappa shape index (κ1) is 22.7. The normalized spacial score (nSPS) is 17.9. The Morgan fingerprint density at radius 1 is 1.09 bits per heavy atom.